The number of methoxy groups -OCH3 is 1. The predicted octanol–water partition coefficient (Wildman–Crippen LogP) is 0.701. The number of nitrogens with one attached hydrogen (secondary N) is 1. The SMILES string of the molecule is CCC(C)(C)C(=O)OCOC(=O)C1=C(COCCOC)CS[C@@H]2C(NC(=O)/C(=N\O)c3csc(N)n3)C(=O)N12. The van der Waals surface area contributed by atoms with E-state index in [9.17, 15) is 24.4 Å². The van der Waals surface area contributed by atoms with Crippen molar-refractivity contribution in [2.75, 3.05) is 45.2 Å². The minimum atomic E-state index is -1.02. The van der Waals surface area contributed by atoms with Gasteiger partial charge in [-0.05, 0) is 25.8 Å². The topological polar surface area (TPSA) is 192 Å². The number of esters is 2. The summed E-state index contributed by atoms with van der Waals surface area (Å²) < 4.78 is 20.8. The zero-order chi connectivity index (χ0) is 28.7. The van der Waals surface area contributed by atoms with E-state index in [-0.39, 0.29) is 29.7 Å². The van der Waals surface area contributed by atoms with E-state index >= 15 is 0 Å². The van der Waals surface area contributed by atoms with Gasteiger partial charge in [0.2, 0.25) is 6.79 Å². The van der Waals surface area contributed by atoms with Crippen molar-refractivity contribution in [3.05, 3.63) is 22.3 Å². The van der Waals surface area contributed by atoms with Crippen molar-refractivity contribution < 1.29 is 43.3 Å². The van der Waals surface area contributed by atoms with E-state index in [0.717, 1.165) is 11.3 Å². The highest BCUT2D eigenvalue weighted by atomic mass is 32.2. The Morgan fingerprint density at radius 1 is 1.31 bits per heavy atom. The molecule has 0 aromatic carbocycles. The van der Waals surface area contributed by atoms with Gasteiger partial charge >= 0.3 is 11.9 Å². The Labute approximate surface area is 232 Å². The van der Waals surface area contributed by atoms with Gasteiger partial charge in [0.05, 0.1) is 25.2 Å². The minimum absolute atomic E-state index is 0.0313. The van der Waals surface area contributed by atoms with Gasteiger partial charge < -0.3 is 35.2 Å². The molecule has 2 atom stereocenters. The molecule has 3 rings (SSSR count). The standard InChI is InChI=1S/C23H31N5O9S2/c1-5-23(2,3)21(32)37-11-36-20(31)16-12(8-35-7-6-34-4)9-38-19-15(18(30)28(16)19)26-17(29)14(27-33)13-10-39-22(24)25-13/h10,15,19,33H,5-9,11H2,1-4H3,(H2,24,25)(H,26,29)/b27-14-/t15?,19-/m1/s1. The number of carbonyl (C=O) groups is 4. The number of ether oxygens (including phenoxy) is 4. The van der Waals surface area contributed by atoms with Gasteiger partial charge in [-0.2, -0.15) is 0 Å². The highest BCUT2D eigenvalue weighted by Gasteiger charge is 2.54. The number of carbonyl (C=O) groups excluding carboxylic acids is 4. The molecule has 1 fully saturated rings. The monoisotopic (exact) mass is 585 g/mol. The first-order valence-corrected chi connectivity index (χ1v) is 13.8. The fourth-order valence-electron chi connectivity index (χ4n) is 3.48. The molecule has 2 aliphatic heterocycles. The number of nitrogens with zero attached hydrogens (tertiary/aromatic N) is 3. The number of thioether (sulfide) groups is 1. The average Bonchev–Trinajstić information content (AvgIpc) is 3.34. The van der Waals surface area contributed by atoms with Crippen LogP contribution in [0.25, 0.3) is 0 Å². The van der Waals surface area contributed by atoms with Crippen molar-refractivity contribution in [1.82, 2.24) is 15.2 Å². The van der Waals surface area contributed by atoms with Gasteiger partial charge in [0, 0.05) is 18.2 Å². The molecule has 14 nitrogen and oxygen atoms in total. The molecule has 39 heavy (non-hydrogen) atoms. The number of aromatic nitrogens is 1. The normalized spacial score (nSPS) is 19.3. The first-order chi connectivity index (χ1) is 18.5. The molecule has 1 saturated heterocycles. The molecule has 0 aliphatic carbocycles. The summed E-state index contributed by atoms with van der Waals surface area (Å²) in [6.07, 6.45) is 0.529. The second-order valence-corrected chi connectivity index (χ2v) is 11.1. The van der Waals surface area contributed by atoms with Gasteiger partial charge in [-0.3, -0.25) is 19.3 Å². The molecule has 3 heterocycles. The highest BCUT2D eigenvalue weighted by molar-refractivity contribution is 8.00. The molecule has 0 bridgehead atoms. The van der Waals surface area contributed by atoms with E-state index in [2.05, 4.69) is 15.5 Å². The maximum Gasteiger partial charge on any atom is 0.358 e. The van der Waals surface area contributed by atoms with Crippen molar-refractivity contribution in [2.24, 2.45) is 10.6 Å². The average molecular weight is 586 g/mol. The molecule has 1 aromatic rings. The molecule has 4 N–H and O–H groups in total. The van der Waals surface area contributed by atoms with Gasteiger partial charge in [0.25, 0.3) is 11.8 Å². The summed E-state index contributed by atoms with van der Waals surface area (Å²) in [6.45, 7) is 5.25. The number of fused-ring (bicyclic) bond motifs is 1. The van der Waals surface area contributed by atoms with E-state index in [1.165, 1.54) is 29.2 Å². The molecule has 0 spiro atoms. The third-order valence-corrected chi connectivity index (χ3v) is 8.14. The molecule has 0 saturated carbocycles. The number of nitrogens with two attached hydrogens (primary N) is 1. The van der Waals surface area contributed by atoms with Crippen LogP contribution in [0.1, 0.15) is 32.9 Å². The second-order valence-electron chi connectivity index (χ2n) is 9.10. The maximum atomic E-state index is 13.1. The van der Waals surface area contributed by atoms with Crippen molar-refractivity contribution in [1.29, 1.82) is 0 Å². The molecule has 0 radical (unpaired) electrons. The largest absolute Gasteiger partial charge is 0.427 e. The third kappa shape index (κ3) is 6.87. The van der Waals surface area contributed by atoms with Crippen LogP contribution < -0.4 is 11.1 Å². The second kappa shape index (κ2) is 13.2. The van der Waals surface area contributed by atoms with Crippen LogP contribution in [0.3, 0.4) is 0 Å². The van der Waals surface area contributed by atoms with Crippen LogP contribution in [-0.2, 0) is 38.1 Å². The predicted molar refractivity (Wildman–Crippen MR) is 141 cm³/mol. The Morgan fingerprint density at radius 2 is 2.05 bits per heavy atom. The number of hydrogen-bond acceptors (Lipinski definition) is 14. The van der Waals surface area contributed by atoms with Crippen molar-refractivity contribution in [3.8, 4) is 0 Å². The number of oxime groups is 1. The summed E-state index contributed by atoms with van der Waals surface area (Å²) in [5.74, 6) is -2.53. The fraction of sp³-hybridized carbons (Fsp3) is 0.565. The first-order valence-electron chi connectivity index (χ1n) is 11.9. The first kappa shape index (κ1) is 30.3. The van der Waals surface area contributed by atoms with Crippen LogP contribution >= 0.6 is 23.1 Å². The number of β-lactam (4-membered cyclic amide) rings is 1. The Bertz CT molecular complexity index is 1170. The molecular formula is C23H31N5O9S2. The lowest BCUT2D eigenvalue weighted by Crippen LogP contribution is -2.71. The third-order valence-electron chi connectivity index (χ3n) is 6.13. The fourth-order valence-corrected chi connectivity index (χ4v) is 5.36. The summed E-state index contributed by atoms with van der Waals surface area (Å²) in [5, 5.41) is 15.8. The van der Waals surface area contributed by atoms with Crippen LogP contribution in [0.4, 0.5) is 5.13 Å². The molecule has 2 aliphatic rings. The molecular weight excluding hydrogens is 554 g/mol. The van der Waals surface area contributed by atoms with Gasteiger partial charge in [0.15, 0.2) is 10.8 Å². The summed E-state index contributed by atoms with van der Waals surface area (Å²) in [4.78, 5) is 56.4. The molecule has 214 valence electrons. The van der Waals surface area contributed by atoms with E-state index < -0.39 is 53.1 Å². The van der Waals surface area contributed by atoms with Crippen LogP contribution in [0.2, 0.25) is 0 Å². The smallest absolute Gasteiger partial charge is 0.358 e. The van der Waals surface area contributed by atoms with E-state index in [4.69, 9.17) is 24.7 Å². The molecule has 1 aromatic heterocycles. The Hall–Kier alpha value is -3.21. The Balaban J connectivity index is 1.73. The summed E-state index contributed by atoms with van der Waals surface area (Å²) in [5.41, 5.74) is 4.93. The van der Waals surface area contributed by atoms with Crippen LogP contribution in [-0.4, -0.2) is 95.4 Å². The lowest BCUT2D eigenvalue weighted by Gasteiger charge is -2.49. The summed E-state index contributed by atoms with van der Waals surface area (Å²) in [7, 11) is 1.52. The van der Waals surface area contributed by atoms with Crippen LogP contribution in [0.5, 0.6) is 0 Å². The number of hydrogen-bond donors (Lipinski definition) is 3. The number of nitrogen functional groups attached to an aromatic ring is 1. The maximum absolute atomic E-state index is 13.1. The van der Waals surface area contributed by atoms with E-state index in [1.807, 2.05) is 6.92 Å². The van der Waals surface area contributed by atoms with Gasteiger partial charge in [-0.15, -0.1) is 23.1 Å². The molecule has 1 unspecified atom stereocenters. The quantitative estimate of drug-likeness (QED) is 0.0559. The zero-order valence-corrected chi connectivity index (χ0v) is 23.6. The minimum Gasteiger partial charge on any atom is -0.427 e. The molecule has 2 amide bonds. The number of amides is 2. The van der Waals surface area contributed by atoms with E-state index in [0.29, 0.717) is 24.4 Å². The van der Waals surface area contributed by atoms with Gasteiger partial charge in [-0.1, -0.05) is 12.1 Å². The van der Waals surface area contributed by atoms with Gasteiger partial charge in [0.1, 0.15) is 22.8 Å². The molecule has 16 heteroatoms. The van der Waals surface area contributed by atoms with Crippen molar-refractivity contribution in [2.45, 2.75) is 38.6 Å². The van der Waals surface area contributed by atoms with Crippen molar-refractivity contribution >= 4 is 57.7 Å². The zero-order valence-electron chi connectivity index (χ0n) is 21.9. The lowest BCUT2D eigenvalue weighted by molar-refractivity contribution is -0.174. The number of anilines is 1. The Kier molecular flexibility index (Phi) is 10.3. The Morgan fingerprint density at radius 3 is 2.67 bits per heavy atom. The van der Waals surface area contributed by atoms with Crippen LogP contribution in [0.15, 0.2) is 21.8 Å². The van der Waals surface area contributed by atoms with Crippen LogP contribution in [0, 0.1) is 5.41 Å². The summed E-state index contributed by atoms with van der Waals surface area (Å²) in [6, 6.07) is -1.02. The van der Waals surface area contributed by atoms with Gasteiger partial charge in [-0.25, -0.2) is 9.78 Å². The highest BCUT2D eigenvalue weighted by Crippen LogP contribution is 2.40. The summed E-state index contributed by atoms with van der Waals surface area (Å²) >= 11 is 2.36. The van der Waals surface area contributed by atoms with E-state index in [1.54, 1.807) is 13.8 Å². The lowest BCUT2D eigenvalue weighted by atomic mass is 9.91. The number of thiazole rings is 1. The number of rotatable bonds is 13. The van der Waals surface area contributed by atoms with Crippen molar-refractivity contribution in [3.63, 3.8) is 0 Å².